The molecule has 7 nitrogen and oxygen atoms in total. The van der Waals surface area contributed by atoms with Crippen LogP contribution in [0.1, 0.15) is 12.5 Å². The number of nitrogens with zero attached hydrogens (tertiary/aromatic N) is 2. The van der Waals surface area contributed by atoms with Crippen molar-refractivity contribution in [1.82, 2.24) is 5.43 Å². The average Bonchev–Trinajstić information content (AvgIpc) is 2.38. The smallest absolute Gasteiger partial charge is 0.288 e. The molecule has 0 aliphatic rings. The van der Waals surface area contributed by atoms with Crippen molar-refractivity contribution in [2.75, 3.05) is 13.2 Å². The second-order valence-electron chi connectivity index (χ2n) is 3.40. The maximum Gasteiger partial charge on any atom is 0.288 e. The number of halogens is 1. The topological polar surface area (TPSA) is 93.8 Å². The van der Waals surface area contributed by atoms with Crippen molar-refractivity contribution in [3.63, 3.8) is 0 Å². The fourth-order valence-electron chi connectivity index (χ4n) is 1.16. The van der Waals surface area contributed by atoms with E-state index in [1.807, 2.05) is 0 Å². The molecule has 0 aliphatic heterocycles. The van der Waals surface area contributed by atoms with Gasteiger partial charge in [0.2, 0.25) is 0 Å². The SMILES string of the molecule is CCOCC(=O)N/N=C/c1ccc(Cl)c([N+](=O)[O-])c1. The van der Waals surface area contributed by atoms with Crippen molar-refractivity contribution in [1.29, 1.82) is 0 Å². The third-order valence-electron chi connectivity index (χ3n) is 2.01. The van der Waals surface area contributed by atoms with Gasteiger partial charge in [0, 0.05) is 18.2 Å². The Morgan fingerprint density at radius 3 is 3.00 bits per heavy atom. The number of nitro groups is 1. The zero-order valence-electron chi connectivity index (χ0n) is 10.1. The first-order valence-electron chi connectivity index (χ1n) is 5.38. The molecule has 0 heterocycles. The number of hydrogen-bond donors (Lipinski definition) is 1. The van der Waals surface area contributed by atoms with Crippen LogP contribution in [-0.2, 0) is 9.53 Å². The van der Waals surface area contributed by atoms with Gasteiger partial charge in [-0.1, -0.05) is 17.7 Å². The van der Waals surface area contributed by atoms with Crippen LogP contribution in [0.25, 0.3) is 0 Å². The molecule has 0 bridgehead atoms. The standard InChI is InChI=1S/C11H12ClN3O4/c1-2-19-7-11(16)14-13-6-8-3-4-9(12)10(5-8)15(17)18/h3-6H,2,7H2,1H3,(H,14,16)/b13-6+. The number of amides is 1. The molecule has 0 aliphatic carbocycles. The highest BCUT2D eigenvalue weighted by Crippen LogP contribution is 2.24. The Balaban J connectivity index is 2.64. The zero-order valence-corrected chi connectivity index (χ0v) is 10.9. The van der Waals surface area contributed by atoms with E-state index in [1.54, 1.807) is 13.0 Å². The van der Waals surface area contributed by atoms with Gasteiger partial charge in [0.05, 0.1) is 11.1 Å². The van der Waals surface area contributed by atoms with Crippen LogP contribution in [0, 0.1) is 10.1 Å². The monoisotopic (exact) mass is 285 g/mol. The summed E-state index contributed by atoms with van der Waals surface area (Å²) >= 11 is 5.66. The Morgan fingerprint density at radius 1 is 1.63 bits per heavy atom. The number of hydrogen-bond acceptors (Lipinski definition) is 5. The molecule has 0 unspecified atom stereocenters. The minimum Gasteiger partial charge on any atom is -0.372 e. The largest absolute Gasteiger partial charge is 0.372 e. The highest BCUT2D eigenvalue weighted by molar-refractivity contribution is 6.32. The first kappa shape index (κ1) is 15.1. The molecule has 0 saturated carbocycles. The van der Waals surface area contributed by atoms with Crippen molar-refractivity contribution >= 4 is 29.4 Å². The summed E-state index contributed by atoms with van der Waals surface area (Å²) in [5, 5.41) is 14.4. The van der Waals surface area contributed by atoms with E-state index in [-0.39, 0.29) is 17.3 Å². The molecule has 1 aromatic carbocycles. The molecule has 0 aromatic heterocycles. The molecule has 0 radical (unpaired) electrons. The van der Waals surface area contributed by atoms with Crippen LogP contribution < -0.4 is 5.43 Å². The minimum atomic E-state index is -0.590. The summed E-state index contributed by atoms with van der Waals surface area (Å²) in [5.74, 6) is -0.401. The molecule has 1 N–H and O–H groups in total. The number of hydrazone groups is 1. The summed E-state index contributed by atoms with van der Waals surface area (Å²) < 4.78 is 4.87. The Hall–Kier alpha value is -1.99. The fraction of sp³-hybridized carbons (Fsp3) is 0.273. The Labute approximate surface area is 114 Å². The molecule has 102 valence electrons. The van der Waals surface area contributed by atoms with E-state index in [0.717, 1.165) is 0 Å². The maximum atomic E-state index is 11.1. The summed E-state index contributed by atoms with van der Waals surface area (Å²) in [6.45, 7) is 2.11. The zero-order chi connectivity index (χ0) is 14.3. The van der Waals surface area contributed by atoms with Gasteiger partial charge in [-0.3, -0.25) is 14.9 Å². The fourth-order valence-corrected chi connectivity index (χ4v) is 1.34. The lowest BCUT2D eigenvalue weighted by Crippen LogP contribution is -2.22. The lowest BCUT2D eigenvalue weighted by atomic mass is 10.2. The van der Waals surface area contributed by atoms with Crippen LogP contribution in [0.15, 0.2) is 23.3 Å². The van der Waals surface area contributed by atoms with Gasteiger partial charge in [-0.2, -0.15) is 5.10 Å². The van der Waals surface area contributed by atoms with E-state index >= 15 is 0 Å². The van der Waals surface area contributed by atoms with Gasteiger partial charge < -0.3 is 4.74 Å². The van der Waals surface area contributed by atoms with E-state index in [2.05, 4.69) is 10.5 Å². The molecule has 0 saturated heterocycles. The van der Waals surface area contributed by atoms with Crippen LogP contribution in [0.2, 0.25) is 5.02 Å². The number of nitro benzene ring substituents is 1. The number of rotatable bonds is 6. The highest BCUT2D eigenvalue weighted by atomic mass is 35.5. The lowest BCUT2D eigenvalue weighted by molar-refractivity contribution is -0.384. The normalized spacial score (nSPS) is 10.6. The quantitative estimate of drug-likeness (QED) is 0.489. The molecule has 1 aromatic rings. The summed E-state index contributed by atoms with van der Waals surface area (Å²) in [5.41, 5.74) is 2.47. The third kappa shape index (κ3) is 5.02. The molecule has 8 heteroatoms. The molecule has 1 rings (SSSR count). The minimum absolute atomic E-state index is 0.0440. The van der Waals surface area contributed by atoms with Crippen molar-refractivity contribution in [3.8, 4) is 0 Å². The van der Waals surface area contributed by atoms with Crippen LogP contribution >= 0.6 is 11.6 Å². The number of nitrogens with one attached hydrogen (secondary N) is 1. The van der Waals surface area contributed by atoms with Gasteiger partial charge in [-0.05, 0) is 13.0 Å². The number of carbonyl (C=O) groups is 1. The van der Waals surface area contributed by atoms with Crippen LogP contribution in [0.3, 0.4) is 0 Å². The molecule has 0 fully saturated rings. The van der Waals surface area contributed by atoms with Gasteiger partial charge in [-0.15, -0.1) is 0 Å². The Kier molecular flexibility index (Phi) is 5.91. The van der Waals surface area contributed by atoms with Crippen LogP contribution in [0.5, 0.6) is 0 Å². The number of carbonyl (C=O) groups excluding carboxylic acids is 1. The van der Waals surface area contributed by atoms with Crippen LogP contribution in [0.4, 0.5) is 5.69 Å². The molecule has 0 atom stereocenters. The second-order valence-corrected chi connectivity index (χ2v) is 3.81. The first-order valence-corrected chi connectivity index (χ1v) is 5.76. The van der Waals surface area contributed by atoms with E-state index < -0.39 is 10.8 Å². The van der Waals surface area contributed by atoms with E-state index in [0.29, 0.717) is 12.2 Å². The highest BCUT2D eigenvalue weighted by Gasteiger charge is 2.11. The molecular formula is C11H12ClN3O4. The summed E-state index contributed by atoms with van der Waals surface area (Å²) in [6, 6.07) is 4.21. The predicted octanol–water partition coefficient (Wildman–Crippen LogP) is 1.73. The second kappa shape index (κ2) is 7.45. The third-order valence-corrected chi connectivity index (χ3v) is 2.33. The van der Waals surface area contributed by atoms with E-state index in [4.69, 9.17) is 16.3 Å². The first-order chi connectivity index (χ1) is 9.04. The maximum absolute atomic E-state index is 11.1. The van der Waals surface area contributed by atoms with Gasteiger partial charge in [0.1, 0.15) is 11.6 Å². The molecule has 1 amide bonds. The molecule has 0 spiro atoms. The average molecular weight is 286 g/mol. The lowest BCUT2D eigenvalue weighted by Gasteiger charge is -1.99. The van der Waals surface area contributed by atoms with Gasteiger partial charge >= 0.3 is 0 Å². The van der Waals surface area contributed by atoms with E-state index in [9.17, 15) is 14.9 Å². The van der Waals surface area contributed by atoms with E-state index in [1.165, 1.54) is 18.3 Å². The number of ether oxygens (including phenoxy) is 1. The Morgan fingerprint density at radius 2 is 2.37 bits per heavy atom. The van der Waals surface area contributed by atoms with Gasteiger partial charge in [0.25, 0.3) is 11.6 Å². The van der Waals surface area contributed by atoms with Crippen molar-refractivity contribution in [2.24, 2.45) is 5.10 Å². The van der Waals surface area contributed by atoms with Crippen molar-refractivity contribution in [3.05, 3.63) is 38.9 Å². The van der Waals surface area contributed by atoms with Gasteiger partial charge in [-0.25, -0.2) is 5.43 Å². The van der Waals surface area contributed by atoms with Crippen molar-refractivity contribution < 1.29 is 14.5 Å². The van der Waals surface area contributed by atoms with Crippen LogP contribution in [-0.4, -0.2) is 30.3 Å². The van der Waals surface area contributed by atoms with Crippen molar-refractivity contribution in [2.45, 2.75) is 6.92 Å². The summed E-state index contributed by atoms with van der Waals surface area (Å²) in [6.07, 6.45) is 1.28. The molecular weight excluding hydrogens is 274 g/mol. The Bertz CT molecular complexity index is 505. The number of benzene rings is 1. The summed E-state index contributed by atoms with van der Waals surface area (Å²) in [4.78, 5) is 21.2. The molecule has 19 heavy (non-hydrogen) atoms. The summed E-state index contributed by atoms with van der Waals surface area (Å²) in [7, 11) is 0. The van der Waals surface area contributed by atoms with Gasteiger partial charge in [0.15, 0.2) is 0 Å². The predicted molar refractivity (Wildman–Crippen MR) is 70.3 cm³/mol.